The molecule has 25 heavy (non-hydrogen) atoms. The number of carbonyl (C=O) groups excluding carboxylic acids is 2. The van der Waals surface area contributed by atoms with Crippen LogP contribution in [0.2, 0.25) is 0 Å². The molecule has 1 saturated carbocycles. The maximum atomic E-state index is 12.0. The van der Waals surface area contributed by atoms with Crippen molar-refractivity contribution in [1.29, 1.82) is 0 Å². The average Bonchev–Trinajstić information content (AvgIpc) is 3.00. The normalized spacial score (nSPS) is 26.6. The van der Waals surface area contributed by atoms with Gasteiger partial charge in [-0.3, -0.25) is 0 Å². The fourth-order valence-corrected chi connectivity index (χ4v) is 2.78. The highest BCUT2D eigenvalue weighted by molar-refractivity contribution is 6.10. The molecule has 3 rings (SSSR count). The van der Waals surface area contributed by atoms with Gasteiger partial charge in [-0.15, -0.1) is 0 Å². The summed E-state index contributed by atoms with van der Waals surface area (Å²) in [7, 11) is 0. The van der Waals surface area contributed by atoms with Gasteiger partial charge in [-0.05, 0) is 40.5 Å². The lowest BCUT2D eigenvalue weighted by molar-refractivity contribution is -0.150. The van der Waals surface area contributed by atoms with Crippen molar-refractivity contribution in [3.05, 3.63) is 0 Å². The molecule has 2 aliphatic heterocycles. The van der Waals surface area contributed by atoms with Gasteiger partial charge < -0.3 is 18.9 Å². The van der Waals surface area contributed by atoms with Crippen LogP contribution in [0.3, 0.4) is 0 Å². The second-order valence-electron chi connectivity index (χ2n) is 7.08. The molecule has 0 N–H and O–H groups in total. The number of aliphatic imine (C=N–C) groups is 2. The van der Waals surface area contributed by atoms with E-state index in [-0.39, 0.29) is 25.4 Å². The van der Waals surface area contributed by atoms with E-state index in [0.29, 0.717) is 11.8 Å². The molecule has 1 aliphatic carbocycles. The third-order valence-corrected chi connectivity index (χ3v) is 4.12. The number of carbonyl (C=O) groups is 2. The molecule has 8 heteroatoms. The first-order chi connectivity index (χ1) is 11.8. The van der Waals surface area contributed by atoms with E-state index >= 15 is 0 Å². The summed E-state index contributed by atoms with van der Waals surface area (Å²) in [5, 5.41) is 0. The number of nitrogens with zero attached hydrogens (tertiary/aromatic N) is 2. The number of hydrogen-bond acceptors (Lipinski definition) is 8. The summed E-state index contributed by atoms with van der Waals surface area (Å²) in [5.74, 6) is 0.117. The highest BCUT2D eigenvalue weighted by atomic mass is 16.6. The van der Waals surface area contributed by atoms with E-state index in [9.17, 15) is 9.59 Å². The second-order valence-corrected chi connectivity index (χ2v) is 7.08. The molecule has 1 fully saturated rings. The lowest BCUT2D eigenvalue weighted by atomic mass is 10.1. The highest BCUT2D eigenvalue weighted by Gasteiger charge is 2.59. The monoisotopic (exact) mass is 352 g/mol. The van der Waals surface area contributed by atoms with Gasteiger partial charge in [0.25, 0.3) is 0 Å². The molecule has 0 saturated heterocycles. The standard InChI is InChI=1S/C17H24N2O6/c1-9(2)24-13(20)11-7-22-15(18-11)17(5-6-17)16-19-12(8-23-16)14(21)25-10(3)4/h9-12H,5-8H2,1-4H3/t11-,12-/m0/s1. The Morgan fingerprint density at radius 1 is 0.920 bits per heavy atom. The van der Waals surface area contributed by atoms with Gasteiger partial charge in [0.1, 0.15) is 18.6 Å². The second kappa shape index (κ2) is 6.65. The number of ether oxygens (including phenoxy) is 4. The van der Waals surface area contributed by atoms with Gasteiger partial charge in [-0.2, -0.15) is 0 Å². The first-order valence-corrected chi connectivity index (χ1v) is 8.65. The quantitative estimate of drug-likeness (QED) is 0.668. The molecule has 2 atom stereocenters. The van der Waals surface area contributed by atoms with E-state index in [0.717, 1.165) is 12.8 Å². The summed E-state index contributed by atoms with van der Waals surface area (Å²) in [6.07, 6.45) is 1.14. The molecule has 0 amide bonds. The van der Waals surface area contributed by atoms with Crippen LogP contribution in [0.15, 0.2) is 9.98 Å². The summed E-state index contributed by atoms with van der Waals surface area (Å²) < 4.78 is 21.6. The third kappa shape index (κ3) is 3.62. The van der Waals surface area contributed by atoms with Crippen LogP contribution < -0.4 is 0 Å². The Morgan fingerprint density at radius 2 is 1.32 bits per heavy atom. The minimum absolute atomic E-state index is 0.161. The minimum Gasteiger partial charge on any atom is -0.477 e. The number of rotatable bonds is 6. The van der Waals surface area contributed by atoms with E-state index < -0.39 is 29.4 Å². The van der Waals surface area contributed by atoms with Gasteiger partial charge in [0.05, 0.1) is 12.2 Å². The molecule has 0 spiro atoms. The van der Waals surface area contributed by atoms with E-state index in [4.69, 9.17) is 18.9 Å². The molecule has 0 unspecified atom stereocenters. The van der Waals surface area contributed by atoms with Gasteiger partial charge in [0.15, 0.2) is 23.9 Å². The van der Waals surface area contributed by atoms with E-state index in [1.807, 2.05) is 0 Å². The van der Waals surface area contributed by atoms with Crippen LogP contribution >= 0.6 is 0 Å². The maximum absolute atomic E-state index is 12.0. The van der Waals surface area contributed by atoms with Gasteiger partial charge in [0, 0.05) is 0 Å². The fourth-order valence-electron chi connectivity index (χ4n) is 2.78. The largest absolute Gasteiger partial charge is 0.477 e. The Hall–Kier alpha value is -2.12. The summed E-state index contributed by atoms with van der Waals surface area (Å²) in [5.41, 5.74) is -0.542. The number of hydrogen-bond donors (Lipinski definition) is 0. The summed E-state index contributed by atoms with van der Waals surface area (Å²) in [6.45, 7) is 7.48. The first kappa shape index (κ1) is 17.7. The Labute approximate surface area is 146 Å². The SMILES string of the molecule is CC(C)OC(=O)[C@@H]1COC(C2(C3=N[C@H](C(=O)OC(C)C)CO3)CC2)=N1. The molecular weight excluding hydrogens is 328 g/mol. The van der Waals surface area contributed by atoms with Crippen molar-refractivity contribution in [3.63, 3.8) is 0 Å². The fraction of sp³-hybridized carbons (Fsp3) is 0.765. The summed E-state index contributed by atoms with van der Waals surface area (Å²) in [6, 6.07) is -1.31. The molecule has 8 nitrogen and oxygen atoms in total. The highest BCUT2D eigenvalue weighted by Crippen LogP contribution is 2.51. The van der Waals surface area contributed by atoms with Gasteiger partial charge >= 0.3 is 11.9 Å². The van der Waals surface area contributed by atoms with Crippen LogP contribution in [-0.4, -0.2) is 61.2 Å². The predicted molar refractivity (Wildman–Crippen MR) is 88.5 cm³/mol. The van der Waals surface area contributed by atoms with Crippen molar-refractivity contribution in [2.24, 2.45) is 15.4 Å². The molecule has 0 aromatic rings. The van der Waals surface area contributed by atoms with Crippen LogP contribution in [0.4, 0.5) is 0 Å². The lowest BCUT2D eigenvalue weighted by Gasteiger charge is -2.13. The minimum atomic E-state index is -0.654. The van der Waals surface area contributed by atoms with Crippen molar-refractivity contribution in [1.82, 2.24) is 0 Å². The first-order valence-electron chi connectivity index (χ1n) is 8.65. The molecule has 2 heterocycles. The predicted octanol–water partition coefficient (Wildman–Crippen LogP) is 1.26. The van der Waals surface area contributed by atoms with Crippen molar-refractivity contribution in [2.45, 2.75) is 64.8 Å². The van der Waals surface area contributed by atoms with Crippen LogP contribution in [-0.2, 0) is 28.5 Å². The topological polar surface area (TPSA) is 95.8 Å². The number of esters is 2. The third-order valence-electron chi connectivity index (χ3n) is 4.12. The van der Waals surface area contributed by atoms with Crippen LogP contribution in [0.5, 0.6) is 0 Å². The maximum Gasteiger partial charge on any atom is 0.334 e. The molecule has 0 aromatic carbocycles. The van der Waals surface area contributed by atoms with Crippen molar-refractivity contribution >= 4 is 23.7 Å². The van der Waals surface area contributed by atoms with E-state index in [2.05, 4.69) is 9.98 Å². The van der Waals surface area contributed by atoms with Gasteiger partial charge in [-0.1, -0.05) is 0 Å². The lowest BCUT2D eigenvalue weighted by Crippen LogP contribution is -2.26. The van der Waals surface area contributed by atoms with Crippen molar-refractivity contribution in [2.75, 3.05) is 13.2 Å². The zero-order chi connectivity index (χ0) is 18.2. The van der Waals surface area contributed by atoms with Crippen molar-refractivity contribution < 1.29 is 28.5 Å². The van der Waals surface area contributed by atoms with Gasteiger partial charge in [0.2, 0.25) is 0 Å². The molecule has 138 valence electrons. The Morgan fingerprint density at radius 3 is 1.64 bits per heavy atom. The van der Waals surface area contributed by atoms with E-state index in [1.165, 1.54) is 0 Å². The van der Waals surface area contributed by atoms with E-state index in [1.54, 1.807) is 27.7 Å². The zero-order valence-corrected chi connectivity index (χ0v) is 15.0. The van der Waals surface area contributed by atoms with Crippen molar-refractivity contribution in [3.8, 4) is 0 Å². The smallest absolute Gasteiger partial charge is 0.334 e. The molecular formula is C17H24N2O6. The average molecular weight is 352 g/mol. The van der Waals surface area contributed by atoms with Crippen LogP contribution in [0.1, 0.15) is 40.5 Å². The van der Waals surface area contributed by atoms with Crippen LogP contribution in [0, 0.1) is 5.41 Å². The Kier molecular flexibility index (Phi) is 4.71. The summed E-state index contributed by atoms with van der Waals surface area (Å²) >= 11 is 0. The molecule has 0 aromatic heterocycles. The molecule has 0 radical (unpaired) electrons. The zero-order valence-electron chi connectivity index (χ0n) is 15.0. The van der Waals surface area contributed by atoms with Gasteiger partial charge in [-0.25, -0.2) is 19.6 Å². The molecule has 3 aliphatic rings. The Bertz CT molecular complexity index is 571. The summed E-state index contributed by atoms with van der Waals surface area (Å²) in [4.78, 5) is 32.7. The van der Waals surface area contributed by atoms with Crippen LogP contribution in [0.25, 0.3) is 0 Å². The Balaban J connectivity index is 1.69. The molecule has 0 bridgehead atoms.